The third-order valence-corrected chi connectivity index (χ3v) is 3.72. The highest BCUT2D eigenvalue weighted by Crippen LogP contribution is 2.27. The fourth-order valence-corrected chi connectivity index (χ4v) is 2.20. The quantitative estimate of drug-likeness (QED) is 0.739. The van der Waals surface area contributed by atoms with E-state index in [9.17, 15) is 13.2 Å². The van der Waals surface area contributed by atoms with Crippen LogP contribution < -0.4 is 0 Å². The summed E-state index contributed by atoms with van der Waals surface area (Å²) in [5.41, 5.74) is 0. The number of nitrogens with zero attached hydrogens (tertiary/aromatic N) is 2. The summed E-state index contributed by atoms with van der Waals surface area (Å²) in [7, 11) is 0. The number of alkyl halides is 4. The molecule has 1 atom stereocenters. The maximum Gasteiger partial charge on any atom is 0.402 e. The van der Waals surface area contributed by atoms with Crippen molar-refractivity contribution in [2.75, 3.05) is 32.7 Å². The Morgan fingerprint density at radius 1 is 1.12 bits per heavy atom. The normalized spacial score (nSPS) is 22.7. The van der Waals surface area contributed by atoms with E-state index in [2.05, 4.69) is 34.7 Å². The maximum absolute atomic E-state index is 12.3. The highest BCUT2D eigenvalue weighted by atomic mass is 79.9. The van der Waals surface area contributed by atoms with Gasteiger partial charge in [-0.2, -0.15) is 13.2 Å². The van der Waals surface area contributed by atoms with Crippen LogP contribution in [0.25, 0.3) is 0 Å². The lowest BCUT2D eigenvalue weighted by atomic mass is 10.2. The first kappa shape index (κ1) is 14.3. The van der Waals surface area contributed by atoms with Crippen LogP contribution in [-0.2, 0) is 0 Å². The molecule has 1 heterocycles. The third-order valence-electron chi connectivity index (χ3n) is 2.91. The Kier molecular flexibility index (Phi) is 5.07. The number of halogens is 4. The zero-order chi connectivity index (χ0) is 12.3. The van der Waals surface area contributed by atoms with Crippen LogP contribution in [0.1, 0.15) is 13.8 Å². The van der Waals surface area contributed by atoms with Crippen LogP contribution in [0.2, 0.25) is 0 Å². The van der Waals surface area contributed by atoms with E-state index in [4.69, 9.17) is 0 Å². The van der Waals surface area contributed by atoms with Gasteiger partial charge in [0, 0.05) is 38.8 Å². The molecule has 0 spiro atoms. The van der Waals surface area contributed by atoms with Crippen molar-refractivity contribution in [1.29, 1.82) is 0 Å². The van der Waals surface area contributed by atoms with Crippen molar-refractivity contribution in [3.8, 4) is 0 Å². The van der Waals surface area contributed by atoms with E-state index in [1.807, 2.05) is 4.90 Å². The molecule has 1 aliphatic rings. The average Bonchev–Trinajstić information content (AvgIpc) is 2.17. The smallest absolute Gasteiger partial charge is 0.299 e. The molecule has 1 aliphatic heterocycles. The Bertz CT molecular complexity index is 213. The van der Waals surface area contributed by atoms with Gasteiger partial charge in [-0.3, -0.25) is 9.80 Å². The van der Waals surface area contributed by atoms with Gasteiger partial charge in [-0.1, -0.05) is 15.9 Å². The Hall–Kier alpha value is 0.190. The zero-order valence-electron chi connectivity index (χ0n) is 9.60. The van der Waals surface area contributed by atoms with Crippen molar-refractivity contribution >= 4 is 15.9 Å². The lowest BCUT2D eigenvalue weighted by molar-refractivity contribution is -0.131. The van der Waals surface area contributed by atoms with Gasteiger partial charge in [-0.15, -0.1) is 0 Å². The average molecular weight is 303 g/mol. The minimum Gasteiger partial charge on any atom is -0.299 e. The number of rotatable bonds is 3. The number of hydrogen-bond donors (Lipinski definition) is 0. The summed E-state index contributed by atoms with van der Waals surface area (Å²) in [6.07, 6.45) is -4.14. The van der Waals surface area contributed by atoms with E-state index in [1.54, 1.807) is 0 Å². The Morgan fingerprint density at radius 2 is 1.62 bits per heavy atom. The summed E-state index contributed by atoms with van der Waals surface area (Å²) >= 11 is 2.70. The fourth-order valence-electron chi connectivity index (χ4n) is 1.79. The topological polar surface area (TPSA) is 6.48 Å². The molecule has 2 nitrogen and oxygen atoms in total. The van der Waals surface area contributed by atoms with Crippen LogP contribution in [0, 0.1) is 0 Å². The molecule has 96 valence electrons. The van der Waals surface area contributed by atoms with Crippen molar-refractivity contribution < 1.29 is 13.2 Å². The Labute approximate surface area is 103 Å². The van der Waals surface area contributed by atoms with E-state index >= 15 is 0 Å². The molecule has 16 heavy (non-hydrogen) atoms. The largest absolute Gasteiger partial charge is 0.402 e. The van der Waals surface area contributed by atoms with Crippen LogP contribution in [0.4, 0.5) is 13.2 Å². The number of hydrogen-bond acceptors (Lipinski definition) is 2. The van der Waals surface area contributed by atoms with Gasteiger partial charge in [0.2, 0.25) is 0 Å². The Balaban J connectivity index is 2.32. The van der Waals surface area contributed by atoms with Crippen LogP contribution in [0.3, 0.4) is 0 Å². The van der Waals surface area contributed by atoms with E-state index < -0.39 is 11.0 Å². The molecule has 0 aromatic rings. The summed E-state index contributed by atoms with van der Waals surface area (Å²) in [6.45, 7) is 7.42. The lowest BCUT2D eigenvalue weighted by Crippen LogP contribution is -2.51. The van der Waals surface area contributed by atoms with Gasteiger partial charge in [-0.25, -0.2) is 0 Å². The van der Waals surface area contributed by atoms with Gasteiger partial charge in [0.05, 0.1) is 0 Å². The molecule has 6 heteroatoms. The first-order valence-corrected chi connectivity index (χ1v) is 6.39. The van der Waals surface area contributed by atoms with E-state index in [0.717, 1.165) is 26.2 Å². The van der Waals surface area contributed by atoms with Crippen molar-refractivity contribution in [2.45, 2.75) is 30.9 Å². The van der Waals surface area contributed by atoms with E-state index in [1.165, 1.54) is 0 Å². The Morgan fingerprint density at radius 3 is 2.00 bits per heavy atom. The van der Waals surface area contributed by atoms with Crippen molar-refractivity contribution in [3.05, 3.63) is 0 Å². The van der Waals surface area contributed by atoms with Crippen molar-refractivity contribution in [2.24, 2.45) is 0 Å². The summed E-state index contributed by atoms with van der Waals surface area (Å²) in [5, 5.41) is 0. The second-order valence-electron chi connectivity index (χ2n) is 4.44. The number of piperazine rings is 1. The second-order valence-corrected chi connectivity index (χ2v) is 5.54. The molecule has 0 aliphatic carbocycles. The molecule has 0 aromatic carbocycles. The van der Waals surface area contributed by atoms with Crippen molar-refractivity contribution in [1.82, 2.24) is 9.80 Å². The minimum absolute atomic E-state index is 0.0510. The lowest BCUT2D eigenvalue weighted by Gasteiger charge is -2.37. The molecule has 1 rings (SSSR count). The fraction of sp³-hybridized carbons (Fsp3) is 1.00. The zero-order valence-corrected chi connectivity index (χ0v) is 11.2. The highest BCUT2D eigenvalue weighted by Gasteiger charge is 2.39. The highest BCUT2D eigenvalue weighted by molar-refractivity contribution is 9.09. The van der Waals surface area contributed by atoms with E-state index in [-0.39, 0.29) is 6.54 Å². The van der Waals surface area contributed by atoms with Gasteiger partial charge in [0.1, 0.15) is 4.83 Å². The van der Waals surface area contributed by atoms with Gasteiger partial charge in [-0.05, 0) is 13.8 Å². The standard InChI is InChI=1S/C10H18BrF3N2/c1-8(2)16-5-3-15(4-6-16)7-9(11)10(12,13)14/h8-9H,3-7H2,1-2H3. The van der Waals surface area contributed by atoms with Crippen LogP contribution in [0.5, 0.6) is 0 Å². The summed E-state index contributed by atoms with van der Waals surface area (Å²) in [6, 6.07) is 0.476. The van der Waals surface area contributed by atoms with Crippen molar-refractivity contribution in [3.63, 3.8) is 0 Å². The molecule has 0 radical (unpaired) electrons. The van der Waals surface area contributed by atoms with Gasteiger partial charge in [0.25, 0.3) is 0 Å². The molecular formula is C10H18BrF3N2. The van der Waals surface area contributed by atoms with Gasteiger partial charge in [0.15, 0.2) is 0 Å². The SMILES string of the molecule is CC(C)N1CCN(CC(Br)C(F)(F)F)CC1. The molecule has 0 amide bonds. The van der Waals surface area contributed by atoms with Crippen LogP contribution in [0.15, 0.2) is 0 Å². The first-order valence-electron chi connectivity index (χ1n) is 5.48. The predicted octanol–water partition coefficient (Wildman–Crippen LogP) is 2.34. The van der Waals surface area contributed by atoms with Crippen LogP contribution >= 0.6 is 15.9 Å². The molecule has 0 saturated carbocycles. The predicted molar refractivity (Wildman–Crippen MR) is 61.9 cm³/mol. The molecule has 0 bridgehead atoms. The molecule has 1 unspecified atom stereocenters. The molecule has 0 N–H and O–H groups in total. The summed E-state index contributed by atoms with van der Waals surface area (Å²) in [4.78, 5) is 2.74. The van der Waals surface area contributed by atoms with Gasteiger partial charge >= 0.3 is 6.18 Å². The molecule has 1 fully saturated rings. The molecule has 0 aromatic heterocycles. The molecule has 1 saturated heterocycles. The summed E-state index contributed by atoms with van der Waals surface area (Å²) in [5.74, 6) is 0. The third kappa shape index (κ3) is 4.22. The second kappa shape index (κ2) is 5.69. The van der Waals surface area contributed by atoms with Gasteiger partial charge < -0.3 is 0 Å². The van der Waals surface area contributed by atoms with E-state index in [0.29, 0.717) is 6.04 Å². The van der Waals surface area contributed by atoms with Crippen LogP contribution in [-0.4, -0.2) is 59.6 Å². The maximum atomic E-state index is 12.3. The minimum atomic E-state index is -4.14. The monoisotopic (exact) mass is 302 g/mol. The first-order chi connectivity index (χ1) is 7.30. The summed E-state index contributed by atoms with van der Waals surface area (Å²) < 4.78 is 37.0. The molecular weight excluding hydrogens is 285 g/mol.